The molecule has 4 nitrogen and oxygen atoms in total. The van der Waals surface area contributed by atoms with E-state index >= 15 is 0 Å². The highest BCUT2D eigenvalue weighted by atomic mass is 35.5. The molecule has 1 heterocycles. The molecule has 2 unspecified atom stereocenters. The lowest BCUT2D eigenvalue weighted by molar-refractivity contribution is 0.155. The third kappa shape index (κ3) is 4.63. The molecule has 1 aromatic carbocycles. The molecule has 0 radical (unpaired) electrons. The highest BCUT2D eigenvalue weighted by Gasteiger charge is 2.30. The van der Waals surface area contributed by atoms with Gasteiger partial charge in [0.1, 0.15) is 12.4 Å². The summed E-state index contributed by atoms with van der Waals surface area (Å²) in [5.74, 6) is 0.793. The number of aliphatic hydroxyl groups excluding tert-OH is 1. The fraction of sp³-hybridized carbons (Fsp3) is 0.600. The van der Waals surface area contributed by atoms with Crippen molar-refractivity contribution in [3.05, 3.63) is 29.3 Å². The Balaban J connectivity index is 1.80. The molecule has 0 aliphatic carbocycles. The molecule has 1 saturated heterocycles. The van der Waals surface area contributed by atoms with Gasteiger partial charge in [-0.3, -0.25) is 4.90 Å². The van der Waals surface area contributed by atoms with Crippen LogP contribution in [-0.2, 0) is 0 Å². The number of rotatable bonds is 6. The van der Waals surface area contributed by atoms with E-state index in [1.807, 2.05) is 24.3 Å². The van der Waals surface area contributed by atoms with Crippen molar-refractivity contribution in [2.24, 2.45) is 0 Å². The number of aliphatic hydroxyl groups is 1. The molecule has 0 amide bonds. The van der Waals surface area contributed by atoms with Crippen LogP contribution in [0.1, 0.15) is 6.42 Å². The number of hydrogen-bond acceptors (Lipinski definition) is 4. The van der Waals surface area contributed by atoms with E-state index in [2.05, 4.69) is 23.9 Å². The number of ether oxygens (including phenoxy) is 1. The highest BCUT2D eigenvalue weighted by molar-refractivity contribution is 6.30. The second kappa shape index (κ2) is 7.27. The van der Waals surface area contributed by atoms with E-state index in [4.69, 9.17) is 16.3 Å². The Bertz CT molecular complexity index is 428. The summed E-state index contributed by atoms with van der Waals surface area (Å²) < 4.78 is 5.72. The quantitative estimate of drug-likeness (QED) is 0.867. The summed E-state index contributed by atoms with van der Waals surface area (Å²) in [7, 11) is 4.12. The van der Waals surface area contributed by atoms with Crippen LogP contribution in [0, 0.1) is 0 Å². The van der Waals surface area contributed by atoms with E-state index in [1.54, 1.807) is 0 Å². The molecular weight excluding hydrogens is 276 g/mol. The zero-order valence-corrected chi connectivity index (χ0v) is 12.9. The second-order valence-corrected chi connectivity index (χ2v) is 6.04. The summed E-state index contributed by atoms with van der Waals surface area (Å²) in [6.45, 7) is 3.13. The first kappa shape index (κ1) is 15.6. The summed E-state index contributed by atoms with van der Waals surface area (Å²) >= 11 is 5.92. The molecule has 0 bridgehead atoms. The number of benzene rings is 1. The molecule has 1 aliphatic heterocycles. The predicted molar refractivity (Wildman–Crippen MR) is 81.5 cm³/mol. The summed E-state index contributed by atoms with van der Waals surface area (Å²) in [4.78, 5) is 4.46. The van der Waals surface area contributed by atoms with Gasteiger partial charge in [0, 0.05) is 30.7 Å². The van der Waals surface area contributed by atoms with E-state index in [0.29, 0.717) is 17.7 Å². The molecule has 2 atom stereocenters. The van der Waals surface area contributed by atoms with Crippen molar-refractivity contribution in [1.29, 1.82) is 0 Å². The van der Waals surface area contributed by atoms with Crippen molar-refractivity contribution in [3.63, 3.8) is 0 Å². The first-order valence-electron chi connectivity index (χ1n) is 7.00. The van der Waals surface area contributed by atoms with Gasteiger partial charge in [-0.05, 0) is 38.7 Å². The van der Waals surface area contributed by atoms with Crippen LogP contribution in [0.25, 0.3) is 0 Å². The Hall–Kier alpha value is -0.810. The maximum Gasteiger partial charge on any atom is 0.120 e. The van der Waals surface area contributed by atoms with Crippen molar-refractivity contribution >= 4 is 11.6 Å². The molecule has 0 spiro atoms. The van der Waals surface area contributed by atoms with E-state index in [0.717, 1.165) is 31.8 Å². The fourth-order valence-electron chi connectivity index (χ4n) is 2.68. The van der Waals surface area contributed by atoms with Crippen molar-refractivity contribution in [2.45, 2.75) is 18.6 Å². The van der Waals surface area contributed by atoms with E-state index in [-0.39, 0.29) is 6.10 Å². The van der Waals surface area contributed by atoms with Crippen molar-refractivity contribution < 1.29 is 9.84 Å². The molecule has 2 rings (SSSR count). The minimum atomic E-state index is -0.217. The molecule has 1 aliphatic rings. The predicted octanol–water partition coefficient (Wildman–Crippen LogP) is 1.72. The molecule has 0 saturated carbocycles. The SMILES string of the molecule is CN(C)CC1CC(O)CN1CCOc1cccc(Cl)c1. The summed E-state index contributed by atoms with van der Waals surface area (Å²) in [5.41, 5.74) is 0. The Morgan fingerprint density at radius 1 is 1.45 bits per heavy atom. The summed E-state index contributed by atoms with van der Waals surface area (Å²) in [6.07, 6.45) is 0.626. The van der Waals surface area contributed by atoms with Crippen molar-refractivity contribution in [2.75, 3.05) is 40.3 Å². The lowest BCUT2D eigenvalue weighted by Gasteiger charge is -2.26. The van der Waals surface area contributed by atoms with Gasteiger partial charge in [-0.25, -0.2) is 0 Å². The third-order valence-electron chi connectivity index (χ3n) is 3.53. The lowest BCUT2D eigenvalue weighted by atomic mass is 10.2. The van der Waals surface area contributed by atoms with Crippen LogP contribution in [0.15, 0.2) is 24.3 Å². The van der Waals surface area contributed by atoms with Gasteiger partial charge in [0.05, 0.1) is 6.10 Å². The van der Waals surface area contributed by atoms with Gasteiger partial charge < -0.3 is 14.7 Å². The molecule has 5 heteroatoms. The zero-order chi connectivity index (χ0) is 14.5. The first-order chi connectivity index (χ1) is 9.54. The maximum atomic E-state index is 9.82. The molecule has 1 fully saturated rings. The normalized spacial score (nSPS) is 23.4. The Morgan fingerprint density at radius 2 is 2.25 bits per heavy atom. The van der Waals surface area contributed by atoms with Crippen LogP contribution in [0.2, 0.25) is 5.02 Å². The fourth-order valence-corrected chi connectivity index (χ4v) is 2.86. The van der Waals surface area contributed by atoms with Gasteiger partial charge in [0.15, 0.2) is 0 Å². The highest BCUT2D eigenvalue weighted by Crippen LogP contribution is 2.19. The smallest absolute Gasteiger partial charge is 0.120 e. The molecular formula is C15H23ClN2O2. The van der Waals surface area contributed by atoms with E-state index in [1.165, 1.54) is 0 Å². The van der Waals surface area contributed by atoms with Crippen LogP contribution in [0.4, 0.5) is 0 Å². The number of likely N-dealkylation sites (N-methyl/N-ethyl adjacent to an activating group) is 1. The Labute approximate surface area is 125 Å². The molecule has 1 aromatic rings. The molecule has 0 aromatic heterocycles. The van der Waals surface area contributed by atoms with Crippen molar-refractivity contribution in [3.8, 4) is 5.75 Å². The summed E-state index contributed by atoms with van der Waals surface area (Å²) in [5, 5.41) is 10.5. The van der Waals surface area contributed by atoms with Gasteiger partial charge in [-0.1, -0.05) is 17.7 Å². The zero-order valence-electron chi connectivity index (χ0n) is 12.1. The van der Waals surface area contributed by atoms with Crippen LogP contribution in [0.5, 0.6) is 5.75 Å². The Kier molecular flexibility index (Phi) is 5.66. The van der Waals surface area contributed by atoms with Crippen LogP contribution >= 0.6 is 11.6 Å². The number of halogens is 1. The standard InChI is InChI=1S/C15H23ClN2O2/c1-17(2)10-13-9-14(19)11-18(13)6-7-20-15-5-3-4-12(16)8-15/h3-5,8,13-14,19H,6-7,9-11H2,1-2H3. The number of likely N-dealkylation sites (tertiary alicyclic amines) is 1. The average Bonchev–Trinajstić information content (AvgIpc) is 2.69. The van der Waals surface area contributed by atoms with Gasteiger partial charge >= 0.3 is 0 Å². The number of nitrogens with zero attached hydrogens (tertiary/aromatic N) is 2. The van der Waals surface area contributed by atoms with Crippen molar-refractivity contribution in [1.82, 2.24) is 9.80 Å². The molecule has 1 N–H and O–H groups in total. The average molecular weight is 299 g/mol. The third-order valence-corrected chi connectivity index (χ3v) is 3.76. The van der Waals surface area contributed by atoms with Gasteiger partial charge in [-0.2, -0.15) is 0 Å². The molecule has 20 heavy (non-hydrogen) atoms. The van der Waals surface area contributed by atoms with Crippen LogP contribution < -0.4 is 4.74 Å². The largest absolute Gasteiger partial charge is 0.492 e. The Morgan fingerprint density at radius 3 is 2.95 bits per heavy atom. The lowest BCUT2D eigenvalue weighted by Crippen LogP contribution is -2.39. The van der Waals surface area contributed by atoms with Gasteiger partial charge in [0.25, 0.3) is 0 Å². The topological polar surface area (TPSA) is 35.9 Å². The number of hydrogen-bond donors (Lipinski definition) is 1. The van der Waals surface area contributed by atoms with Gasteiger partial charge in [-0.15, -0.1) is 0 Å². The minimum absolute atomic E-state index is 0.217. The van der Waals surface area contributed by atoms with Crippen LogP contribution in [0.3, 0.4) is 0 Å². The maximum absolute atomic E-state index is 9.82. The summed E-state index contributed by atoms with van der Waals surface area (Å²) in [6, 6.07) is 7.84. The van der Waals surface area contributed by atoms with E-state index in [9.17, 15) is 5.11 Å². The first-order valence-corrected chi connectivity index (χ1v) is 7.37. The second-order valence-electron chi connectivity index (χ2n) is 5.61. The van der Waals surface area contributed by atoms with Crippen LogP contribution in [-0.4, -0.2) is 67.4 Å². The van der Waals surface area contributed by atoms with Gasteiger partial charge in [0.2, 0.25) is 0 Å². The number of β-amino-alcohol motifs (C(OH)–C–C–N with tert-alkyl or cyclic N) is 1. The monoisotopic (exact) mass is 298 g/mol. The van der Waals surface area contributed by atoms with E-state index < -0.39 is 0 Å². The minimum Gasteiger partial charge on any atom is -0.492 e. The molecule has 112 valence electrons.